The maximum Gasteiger partial charge on any atom is 0.267 e. The number of fused-ring (bicyclic) bond motifs is 1. The molecule has 0 aliphatic carbocycles. The van der Waals surface area contributed by atoms with E-state index in [0.29, 0.717) is 35.7 Å². The number of carbonyl (C=O) groups is 1. The van der Waals surface area contributed by atoms with E-state index in [1.807, 2.05) is 24.3 Å². The maximum atomic E-state index is 12.1. The molecule has 164 valence electrons. The number of likely N-dealkylation sites (N-methyl/N-ethyl adjacent to an activating group) is 1. The highest BCUT2D eigenvalue weighted by molar-refractivity contribution is 5.91. The van der Waals surface area contributed by atoms with Crippen LogP contribution in [0.5, 0.6) is 0 Å². The van der Waals surface area contributed by atoms with Crippen LogP contribution in [0.1, 0.15) is 38.3 Å². The fourth-order valence-electron chi connectivity index (χ4n) is 3.82. The van der Waals surface area contributed by atoms with E-state index in [2.05, 4.69) is 42.6 Å². The Morgan fingerprint density at radius 2 is 2.03 bits per heavy atom. The molecule has 3 heterocycles. The minimum absolute atomic E-state index is 0.0932. The standard InChI is InChI=1S/C25H27N5O2/c1-24(2,3)13-18-14-27-21(26)20-19(18)15-28-22(29-20)17-7-5-6-16(12-17)8-9-25(32)10-11-30(4)23(25)31/h5-7,12,14-15,32H,10-11,13H2,1-4H3,(H2,26,27)/t25-/m0/s1. The van der Waals surface area contributed by atoms with Crippen LogP contribution in [0, 0.1) is 17.3 Å². The quantitative estimate of drug-likeness (QED) is 0.607. The summed E-state index contributed by atoms with van der Waals surface area (Å²) >= 11 is 0. The van der Waals surface area contributed by atoms with Crippen LogP contribution in [-0.4, -0.2) is 50.1 Å². The van der Waals surface area contributed by atoms with Crippen LogP contribution >= 0.6 is 0 Å². The molecule has 4 rings (SSSR count). The second-order valence-corrected chi connectivity index (χ2v) is 9.53. The van der Waals surface area contributed by atoms with Gasteiger partial charge < -0.3 is 15.7 Å². The van der Waals surface area contributed by atoms with E-state index >= 15 is 0 Å². The minimum atomic E-state index is -1.63. The van der Waals surface area contributed by atoms with Gasteiger partial charge in [0, 0.05) is 48.9 Å². The lowest BCUT2D eigenvalue weighted by atomic mass is 9.87. The minimum Gasteiger partial charge on any atom is -0.382 e. The van der Waals surface area contributed by atoms with Gasteiger partial charge in [-0.1, -0.05) is 44.7 Å². The first kappa shape index (κ1) is 21.7. The van der Waals surface area contributed by atoms with E-state index < -0.39 is 5.60 Å². The van der Waals surface area contributed by atoms with Gasteiger partial charge in [0.15, 0.2) is 5.82 Å². The number of nitrogen functional groups attached to an aromatic ring is 1. The van der Waals surface area contributed by atoms with Crippen LogP contribution in [0.25, 0.3) is 22.3 Å². The predicted octanol–water partition coefficient (Wildman–Crippen LogP) is 2.81. The van der Waals surface area contributed by atoms with Crippen LogP contribution < -0.4 is 5.73 Å². The van der Waals surface area contributed by atoms with E-state index in [4.69, 9.17) is 10.7 Å². The molecule has 0 saturated carbocycles. The Labute approximate surface area is 187 Å². The highest BCUT2D eigenvalue weighted by Crippen LogP contribution is 2.29. The van der Waals surface area contributed by atoms with Gasteiger partial charge in [0.25, 0.3) is 5.91 Å². The van der Waals surface area contributed by atoms with Crippen molar-refractivity contribution < 1.29 is 9.90 Å². The van der Waals surface area contributed by atoms with Crippen LogP contribution in [0.3, 0.4) is 0 Å². The van der Waals surface area contributed by atoms with Crippen molar-refractivity contribution in [1.82, 2.24) is 19.9 Å². The molecule has 1 fully saturated rings. The molecular formula is C25H27N5O2. The van der Waals surface area contributed by atoms with Crippen molar-refractivity contribution >= 4 is 22.6 Å². The number of nitrogens with two attached hydrogens (primary N) is 1. The number of pyridine rings is 1. The highest BCUT2D eigenvalue weighted by atomic mass is 16.3. The molecular weight excluding hydrogens is 402 g/mol. The second kappa shape index (κ2) is 7.88. The van der Waals surface area contributed by atoms with Crippen LogP contribution in [0.4, 0.5) is 5.82 Å². The number of likely N-dealkylation sites (tertiary alicyclic amines) is 1. The average Bonchev–Trinajstić information content (AvgIpc) is 3.01. The molecule has 1 amide bonds. The molecule has 7 nitrogen and oxygen atoms in total. The Balaban J connectivity index is 1.69. The second-order valence-electron chi connectivity index (χ2n) is 9.53. The third-order valence-corrected chi connectivity index (χ3v) is 5.50. The summed E-state index contributed by atoms with van der Waals surface area (Å²) in [6.07, 6.45) is 4.73. The summed E-state index contributed by atoms with van der Waals surface area (Å²) in [4.78, 5) is 27.2. The number of aromatic nitrogens is 3. The lowest BCUT2D eigenvalue weighted by molar-refractivity contribution is -0.137. The molecule has 0 unspecified atom stereocenters. The van der Waals surface area contributed by atoms with Gasteiger partial charge in [-0.15, -0.1) is 0 Å². The van der Waals surface area contributed by atoms with Gasteiger partial charge in [0.2, 0.25) is 5.60 Å². The van der Waals surface area contributed by atoms with Gasteiger partial charge in [-0.25, -0.2) is 15.0 Å². The molecule has 0 spiro atoms. The summed E-state index contributed by atoms with van der Waals surface area (Å²) in [6.45, 7) is 7.00. The van der Waals surface area contributed by atoms with E-state index in [0.717, 1.165) is 22.9 Å². The number of anilines is 1. The molecule has 7 heteroatoms. The molecule has 1 atom stereocenters. The Kier molecular flexibility index (Phi) is 5.35. The first-order chi connectivity index (χ1) is 15.1. The molecule has 1 aliphatic heterocycles. The Bertz CT molecular complexity index is 1270. The Morgan fingerprint density at radius 1 is 1.25 bits per heavy atom. The lowest BCUT2D eigenvalue weighted by Gasteiger charge is -2.19. The van der Waals surface area contributed by atoms with E-state index in [9.17, 15) is 9.90 Å². The third-order valence-electron chi connectivity index (χ3n) is 5.50. The largest absolute Gasteiger partial charge is 0.382 e. The first-order valence-electron chi connectivity index (χ1n) is 10.6. The van der Waals surface area contributed by atoms with Crippen LogP contribution in [0.15, 0.2) is 36.7 Å². The monoisotopic (exact) mass is 429 g/mol. The summed E-state index contributed by atoms with van der Waals surface area (Å²) in [5.74, 6) is 6.18. The number of benzene rings is 1. The Morgan fingerprint density at radius 3 is 2.72 bits per heavy atom. The number of nitrogens with zero attached hydrogens (tertiary/aromatic N) is 4. The van der Waals surface area contributed by atoms with E-state index in [1.54, 1.807) is 19.4 Å². The first-order valence-corrected chi connectivity index (χ1v) is 10.6. The smallest absolute Gasteiger partial charge is 0.267 e. The van der Waals surface area contributed by atoms with Crippen LogP contribution in [-0.2, 0) is 11.2 Å². The van der Waals surface area contributed by atoms with E-state index in [-0.39, 0.29) is 11.3 Å². The molecule has 0 bridgehead atoms. The van der Waals surface area contributed by atoms with Gasteiger partial charge in [0.1, 0.15) is 11.3 Å². The Hall–Kier alpha value is -3.50. The predicted molar refractivity (Wildman–Crippen MR) is 124 cm³/mol. The highest BCUT2D eigenvalue weighted by Gasteiger charge is 2.42. The summed E-state index contributed by atoms with van der Waals surface area (Å²) < 4.78 is 0. The third kappa shape index (κ3) is 4.27. The van der Waals surface area contributed by atoms with Crippen molar-refractivity contribution in [2.24, 2.45) is 5.41 Å². The summed E-state index contributed by atoms with van der Waals surface area (Å²) in [7, 11) is 1.66. The molecule has 1 saturated heterocycles. The van der Waals surface area contributed by atoms with Gasteiger partial charge in [-0.05, 0) is 29.5 Å². The van der Waals surface area contributed by atoms with E-state index in [1.165, 1.54) is 4.90 Å². The zero-order valence-corrected chi connectivity index (χ0v) is 18.8. The fraction of sp³-hybridized carbons (Fsp3) is 0.360. The van der Waals surface area contributed by atoms with Crippen molar-refractivity contribution in [3.8, 4) is 23.2 Å². The topological polar surface area (TPSA) is 105 Å². The number of hydrogen-bond donors (Lipinski definition) is 2. The average molecular weight is 430 g/mol. The zero-order valence-electron chi connectivity index (χ0n) is 18.8. The molecule has 2 aromatic heterocycles. The SMILES string of the molecule is CN1CC[C@@](O)(C#Cc2cccc(-c3ncc4c(CC(C)(C)C)cnc(N)c4n3)c2)C1=O. The normalized spacial score (nSPS) is 18.7. The van der Waals surface area contributed by atoms with Crippen molar-refractivity contribution in [3.63, 3.8) is 0 Å². The number of hydrogen-bond acceptors (Lipinski definition) is 6. The van der Waals surface area contributed by atoms with Gasteiger partial charge in [-0.3, -0.25) is 4.79 Å². The number of aliphatic hydroxyl groups is 1. The summed E-state index contributed by atoms with van der Waals surface area (Å²) in [5.41, 5.74) is 7.71. The van der Waals surface area contributed by atoms with Crippen LogP contribution in [0.2, 0.25) is 0 Å². The molecule has 1 aliphatic rings. The van der Waals surface area contributed by atoms with Crippen molar-refractivity contribution in [3.05, 3.63) is 47.8 Å². The van der Waals surface area contributed by atoms with Gasteiger partial charge in [-0.2, -0.15) is 0 Å². The van der Waals surface area contributed by atoms with Gasteiger partial charge in [0.05, 0.1) is 0 Å². The molecule has 1 aromatic carbocycles. The fourth-order valence-corrected chi connectivity index (χ4v) is 3.82. The molecule has 3 N–H and O–H groups in total. The van der Waals surface area contributed by atoms with Crippen molar-refractivity contribution in [2.75, 3.05) is 19.3 Å². The van der Waals surface area contributed by atoms with Crippen molar-refractivity contribution in [2.45, 2.75) is 39.2 Å². The van der Waals surface area contributed by atoms with Gasteiger partial charge >= 0.3 is 0 Å². The maximum absolute atomic E-state index is 12.1. The molecule has 32 heavy (non-hydrogen) atoms. The van der Waals surface area contributed by atoms with Crippen molar-refractivity contribution in [1.29, 1.82) is 0 Å². The summed E-state index contributed by atoms with van der Waals surface area (Å²) in [6, 6.07) is 7.39. The molecule has 0 radical (unpaired) electrons. The molecule has 3 aromatic rings. The lowest BCUT2D eigenvalue weighted by Crippen LogP contribution is -2.37. The number of rotatable bonds is 2. The zero-order chi connectivity index (χ0) is 23.1. The summed E-state index contributed by atoms with van der Waals surface area (Å²) in [5, 5.41) is 11.4. The number of carbonyl (C=O) groups excluding carboxylic acids is 1. The number of amides is 1.